The number of benzene rings is 1. The van der Waals surface area contributed by atoms with Gasteiger partial charge in [0, 0.05) is 38.8 Å². The van der Waals surface area contributed by atoms with Gasteiger partial charge in [0.1, 0.15) is 5.75 Å². The van der Waals surface area contributed by atoms with Crippen LogP contribution in [0.2, 0.25) is 0 Å². The predicted octanol–water partition coefficient (Wildman–Crippen LogP) is 1.10. The molecular formula is C17H20N4O5. The van der Waals surface area contributed by atoms with Gasteiger partial charge in [0.05, 0.1) is 18.8 Å². The molecule has 9 heteroatoms. The van der Waals surface area contributed by atoms with Crippen LogP contribution in [0.25, 0.3) is 0 Å². The second kappa shape index (κ2) is 5.79. The molecular weight excluding hydrogens is 340 g/mol. The van der Waals surface area contributed by atoms with Crippen molar-refractivity contribution in [3.8, 4) is 5.75 Å². The van der Waals surface area contributed by atoms with Crippen molar-refractivity contribution >= 4 is 29.4 Å². The van der Waals surface area contributed by atoms with Crippen molar-refractivity contribution in [3.63, 3.8) is 0 Å². The highest BCUT2D eigenvalue weighted by Gasteiger charge is 2.49. The van der Waals surface area contributed by atoms with Gasteiger partial charge in [-0.1, -0.05) is 0 Å². The van der Waals surface area contributed by atoms with Gasteiger partial charge in [-0.05, 0) is 12.1 Å². The number of likely N-dealkylation sites (N-methyl/N-ethyl adjacent to an activating group) is 2. The maximum atomic E-state index is 12.6. The quantitative estimate of drug-likeness (QED) is 0.810. The van der Waals surface area contributed by atoms with Gasteiger partial charge in [0.2, 0.25) is 0 Å². The second-order valence-corrected chi connectivity index (χ2v) is 6.93. The molecule has 0 saturated carbocycles. The molecule has 0 unspecified atom stereocenters. The molecule has 138 valence electrons. The van der Waals surface area contributed by atoms with Crippen LogP contribution in [0.4, 0.5) is 21.0 Å². The number of urea groups is 1. The average molecular weight is 360 g/mol. The molecule has 0 bridgehead atoms. The standard InChI is InChI=1S/C17H20N4O5/c1-19-9-17(26-16(19)24)5-6-21(10-17)15(23)18-11-3-4-12-13(7-11)25-8-14(22)20(12)2/h3-4,7H,5-6,8-10H2,1-2H3,(H,18,23)/t17-/m0/s1. The third kappa shape index (κ3) is 2.69. The number of carbonyl (C=O) groups is 3. The van der Waals surface area contributed by atoms with Crippen molar-refractivity contribution in [3.05, 3.63) is 18.2 Å². The van der Waals surface area contributed by atoms with Crippen molar-refractivity contribution in [2.45, 2.75) is 12.0 Å². The molecule has 0 aliphatic carbocycles. The zero-order chi connectivity index (χ0) is 18.5. The van der Waals surface area contributed by atoms with Crippen molar-refractivity contribution in [2.75, 3.05) is 50.6 Å². The molecule has 3 aliphatic heterocycles. The minimum absolute atomic E-state index is 0.0194. The van der Waals surface area contributed by atoms with Crippen LogP contribution in [-0.4, -0.2) is 73.8 Å². The number of carbonyl (C=O) groups excluding carboxylic acids is 3. The van der Waals surface area contributed by atoms with Gasteiger partial charge in [-0.15, -0.1) is 0 Å². The summed E-state index contributed by atoms with van der Waals surface area (Å²) in [7, 11) is 3.38. The molecule has 2 saturated heterocycles. The van der Waals surface area contributed by atoms with Gasteiger partial charge in [0.15, 0.2) is 12.2 Å². The third-order valence-electron chi connectivity index (χ3n) is 5.04. The lowest BCUT2D eigenvalue weighted by atomic mass is 10.0. The molecule has 3 aliphatic rings. The summed E-state index contributed by atoms with van der Waals surface area (Å²) >= 11 is 0. The minimum atomic E-state index is -0.606. The summed E-state index contributed by atoms with van der Waals surface area (Å²) in [5.41, 5.74) is 0.642. The van der Waals surface area contributed by atoms with Crippen molar-refractivity contribution in [1.29, 1.82) is 0 Å². The number of hydrogen-bond acceptors (Lipinski definition) is 5. The Balaban J connectivity index is 1.43. The van der Waals surface area contributed by atoms with Crippen LogP contribution < -0.4 is 15.0 Å². The van der Waals surface area contributed by atoms with E-state index < -0.39 is 5.60 Å². The zero-order valence-corrected chi connectivity index (χ0v) is 14.7. The number of nitrogens with zero attached hydrogens (tertiary/aromatic N) is 3. The van der Waals surface area contributed by atoms with E-state index in [2.05, 4.69) is 5.32 Å². The Morgan fingerprint density at radius 2 is 2.04 bits per heavy atom. The van der Waals surface area contributed by atoms with E-state index in [4.69, 9.17) is 9.47 Å². The Labute approximate surface area is 150 Å². The fourth-order valence-electron chi connectivity index (χ4n) is 3.58. The van der Waals surface area contributed by atoms with Gasteiger partial charge in [0.25, 0.3) is 5.91 Å². The van der Waals surface area contributed by atoms with E-state index in [1.165, 1.54) is 9.80 Å². The molecule has 1 aromatic carbocycles. The van der Waals surface area contributed by atoms with Gasteiger partial charge in [-0.2, -0.15) is 0 Å². The van der Waals surface area contributed by atoms with Crippen molar-refractivity contribution < 1.29 is 23.9 Å². The fourth-order valence-corrected chi connectivity index (χ4v) is 3.58. The third-order valence-corrected chi connectivity index (χ3v) is 5.04. The first-order chi connectivity index (χ1) is 12.4. The van der Waals surface area contributed by atoms with Gasteiger partial charge >= 0.3 is 12.1 Å². The number of ether oxygens (including phenoxy) is 2. The summed E-state index contributed by atoms with van der Waals surface area (Å²) in [4.78, 5) is 40.5. The Morgan fingerprint density at radius 1 is 1.23 bits per heavy atom. The Hall–Kier alpha value is -2.97. The van der Waals surface area contributed by atoms with E-state index >= 15 is 0 Å². The van der Waals surface area contributed by atoms with E-state index in [-0.39, 0.29) is 24.6 Å². The van der Waals surface area contributed by atoms with E-state index in [1.807, 2.05) is 0 Å². The molecule has 1 N–H and O–H groups in total. The number of amides is 4. The summed E-state index contributed by atoms with van der Waals surface area (Å²) < 4.78 is 10.9. The highest BCUT2D eigenvalue weighted by Crippen LogP contribution is 2.35. The Bertz CT molecular complexity index is 797. The number of nitrogens with one attached hydrogen (secondary N) is 1. The maximum Gasteiger partial charge on any atom is 0.410 e. The molecule has 1 aromatic rings. The normalized spacial score (nSPS) is 24.6. The van der Waals surface area contributed by atoms with Crippen LogP contribution in [0.5, 0.6) is 5.75 Å². The zero-order valence-electron chi connectivity index (χ0n) is 14.7. The second-order valence-electron chi connectivity index (χ2n) is 6.93. The Morgan fingerprint density at radius 3 is 2.77 bits per heavy atom. The van der Waals surface area contributed by atoms with Crippen LogP contribution in [0, 0.1) is 0 Å². The maximum absolute atomic E-state index is 12.6. The van der Waals surface area contributed by atoms with Crippen LogP contribution in [0.3, 0.4) is 0 Å². The molecule has 9 nitrogen and oxygen atoms in total. The lowest BCUT2D eigenvalue weighted by Crippen LogP contribution is -2.40. The first-order valence-electron chi connectivity index (χ1n) is 8.40. The van der Waals surface area contributed by atoms with Crippen LogP contribution >= 0.6 is 0 Å². The molecule has 2 fully saturated rings. The Kier molecular flexibility index (Phi) is 3.67. The number of hydrogen-bond donors (Lipinski definition) is 1. The highest BCUT2D eigenvalue weighted by molar-refractivity contribution is 5.98. The van der Waals surface area contributed by atoms with E-state index in [0.29, 0.717) is 43.2 Å². The molecule has 4 amide bonds. The first-order valence-corrected chi connectivity index (χ1v) is 8.40. The molecule has 0 aromatic heterocycles. The topological polar surface area (TPSA) is 91.4 Å². The van der Waals surface area contributed by atoms with Gasteiger partial charge in [-0.3, -0.25) is 4.79 Å². The lowest BCUT2D eigenvalue weighted by molar-refractivity contribution is -0.120. The molecule has 26 heavy (non-hydrogen) atoms. The number of anilines is 2. The largest absolute Gasteiger partial charge is 0.481 e. The van der Waals surface area contributed by atoms with Crippen LogP contribution in [0.15, 0.2) is 18.2 Å². The number of fused-ring (bicyclic) bond motifs is 1. The van der Waals surface area contributed by atoms with E-state index in [0.717, 1.165) is 0 Å². The van der Waals surface area contributed by atoms with E-state index in [9.17, 15) is 14.4 Å². The predicted molar refractivity (Wildman–Crippen MR) is 92.4 cm³/mol. The summed E-state index contributed by atoms with van der Waals surface area (Å²) in [5.74, 6) is 0.432. The SMILES string of the molecule is CN1C[C@]2(CCN(C(=O)Nc3ccc4c(c3)OCC(=O)N4C)C2)OC1=O. The van der Waals surface area contributed by atoms with Gasteiger partial charge < -0.3 is 29.5 Å². The molecule has 1 atom stereocenters. The molecule has 3 heterocycles. The van der Waals surface area contributed by atoms with Crippen LogP contribution in [0.1, 0.15) is 6.42 Å². The fraction of sp³-hybridized carbons (Fsp3) is 0.471. The summed E-state index contributed by atoms with van der Waals surface area (Å²) in [6.07, 6.45) is 0.272. The van der Waals surface area contributed by atoms with E-state index in [1.54, 1.807) is 37.2 Å². The molecule has 4 rings (SSSR count). The lowest BCUT2D eigenvalue weighted by Gasteiger charge is -2.26. The van der Waals surface area contributed by atoms with Crippen molar-refractivity contribution in [1.82, 2.24) is 9.80 Å². The summed E-state index contributed by atoms with van der Waals surface area (Å²) in [6, 6.07) is 4.91. The summed E-state index contributed by atoms with van der Waals surface area (Å²) in [5, 5.41) is 2.84. The van der Waals surface area contributed by atoms with Crippen LogP contribution in [-0.2, 0) is 9.53 Å². The molecule has 1 spiro atoms. The average Bonchev–Trinajstić information content (AvgIpc) is 3.14. The number of likely N-dealkylation sites (tertiary alicyclic amines) is 1. The smallest absolute Gasteiger partial charge is 0.410 e. The summed E-state index contributed by atoms with van der Waals surface area (Å²) in [6.45, 7) is 1.36. The molecule has 0 radical (unpaired) electrons. The number of rotatable bonds is 1. The highest BCUT2D eigenvalue weighted by atomic mass is 16.6. The van der Waals surface area contributed by atoms with Gasteiger partial charge in [-0.25, -0.2) is 9.59 Å². The minimum Gasteiger partial charge on any atom is -0.481 e. The monoisotopic (exact) mass is 360 g/mol. The van der Waals surface area contributed by atoms with Crippen molar-refractivity contribution in [2.24, 2.45) is 0 Å². The first kappa shape index (κ1) is 16.5.